The highest BCUT2D eigenvalue weighted by Crippen LogP contribution is 2.41. The zero-order valence-corrected chi connectivity index (χ0v) is 24.1. The van der Waals surface area contributed by atoms with Crippen LogP contribution in [0.5, 0.6) is 0 Å². The molecule has 0 aromatic carbocycles. The van der Waals surface area contributed by atoms with Crippen LogP contribution in [0.3, 0.4) is 0 Å². The van der Waals surface area contributed by atoms with Gasteiger partial charge in [0.25, 0.3) is 0 Å². The van der Waals surface area contributed by atoms with Gasteiger partial charge < -0.3 is 38.3 Å². The molecule has 2 saturated heterocycles. The first-order chi connectivity index (χ1) is 12.8. The predicted octanol–water partition coefficient (Wildman–Crippen LogP) is 0.0627. The molecule has 29 heavy (non-hydrogen) atoms. The van der Waals surface area contributed by atoms with Gasteiger partial charge >= 0.3 is 5.97 Å². The smallest absolute Gasteiger partial charge is 0.341 e. The fourth-order valence-electron chi connectivity index (χ4n) is 3.43. The average molecular weight is 571 g/mol. The summed E-state index contributed by atoms with van der Waals surface area (Å²) in [4.78, 5) is 32.5. The minimum atomic E-state index is -1.98. The van der Waals surface area contributed by atoms with E-state index in [2.05, 4.69) is 36.6 Å². The van der Waals surface area contributed by atoms with Gasteiger partial charge in [-0.15, -0.1) is 11.8 Å². The van der Waals surface area contributed by atoms with Gasteiger partial charge in [-0.25, -0.2) is 4.79 Å². The highest BCUT2D eigenvalue weighted by molar-refractivity contribution is 8.00. The Morgan fingerprint density at radius 3 is 2.10 bits per heavy atom. The molecule has 0 aliphatic carbocycles. The van der Waals surface area contributed by atoms with E-state index in [1.165, 1.54) is 25.9 Å². The van der Waals surface area contributed by atoms with E-state index in [9.17, 15) is 9.59 Å². The fourth-order valence-corrected chi connectivity index (χ4v) is 6.71. The third-order valence-electron chi connectivity index (χ3n) is 4.67. The number of amides is 1. The van der Waals surface area contributed by atoms with Gasteiger partial charge in [0.15, 0.2) is 0 Å². The molecule has 6 nitrogen and oxygen atoms in total. The maximum absolute atomic E-state index is 12.5. The lowest BCUT2D eigenvalue weighted by Gasteiger charge is -2.51. The molecule has 3 aliphatic heterocycles. The van der Waals surface area contributed by atoms with Crippen molar-refractivity contribution in [1.82, 2.24) is 14.8 Å². The number of thioether (sulfide) groups is 1. The van der Waals surface area contributed by atoms with Crippen LogP contribution >= 0.6 is 11.8 Å². The number of halogens is 1. The molecule has 3 aliphatic rings. The lowest BCUT2D eigenvalue weighted by atomic mass is 10.0. The van der Waals surface area contributed by atoms with Gasteiger partial charge in [0, 0.05) is 5.75 Å². The zero-order valence-electron chi connectivity index (χ0n) is 19.1. The normalized spacial score (nSPS) is 24.8. The van der Waals surface area contributed by atoms with E-state index in [1.807, 2.05) is 26.6 Å². The van der Waals surface area contributed by atoms with Crippen LogP contribution in [0.4, 0.5) is 0 Å². The second-order valence-corrected chi connectivity index (χ2v) is 20.2. The van der Waals surface area contributed by atoms with E-state index in [-0.39, 0.29) is 47.3 Å². The summed E-state index contributed by atoms with van der Waals surface area (Å²) < 4.78 is 5.61. The Morgan fingerprint density at radius 1 is 1.14 bits per heavy atom. The molecular weight excluding hydrogens is 533 g/mol. The number of rotatable bonds is 4. The molecule has 2 atom stereocenters. The molecule has 1 amide bonds. The van der Waals surface area contributed by atoms with Crippen LogP contribution < -0.4 is 29.0 Å². The Balaban J connectivity index is 0.000000514. The number of hydrogen-bond acceptors (Lipinski definition) is 6. The predicted molar refractivity (Wildman–Crippen MR) is 122 cm³/mol. The molecule has 0 radical (unpaired) electrons. The van der Waals surface area contributed by atoms with Gasteiger partial charge in [-0.2, -0.15) is 0 Å². The maximum atomic E-state index is 12.5. The number of β-lactam (4-membered cyclic amide) rings is 1. The molecule has 3 heterocycles. The highest BCUT2D eigenvalue weighted by atomic mass is 127. The summed E-state index contributed by atoms with van der Waals surface area (Å²) in [5.41, 5.74) is 1.41. The fraction of sp³-hybridized carbons (Fsp3) is 0.789. The van der Waals surface area contributed by atoms with Crippen molar-refractivity contribution in [1.29, 1.82) is 0 Å². The number of carbonyl (C=O) groups excluding carboxylic acids is 2. The first-order valence-corrected chi connectivity index (χ1v) is 18.1. The number of likely N-dealkylation sites (tertiary alicyclic amines) is 1. The van der Waals surface area contributed by atoms with Crippen LogP contribution in [-0.2, 0) is 14.0 Å². The molecule has 2 fully saturated rings. The van der Waals surface area contributed by atoms with E-state index < -0.39 is 16.6 Å². The highest BCUT2D eigenvalue weighted by Gasteiger charge is 2.54. The van der Waals surface area contributed by atoms with Crippen molar-refractivity contribution >= 4 is 40.2 Å². The minimum Gasteiger partial charge on any atom is -1.00 e. The van der Waals surface area contributed by atoms with Crippen LogP contribution in [0.15, 0.2) is 11.3 Å². The van der Waals surface area contributed by atoms with Crippen molar-refractivity contribution in [2.45, 2.75) is 70.5 Å². The number of nitrogens with zero attached hydrogens (tertiary/aromatic N) is 2. The van der Waals surface area contributed by atoms with Crippen LogP contribution in [0.2, 0.25) is 39.3 Å². The Bertz CT molecular complexity index is 644. The summed E-state index contributed by atoms with van der Waals surface area (Å²) in [6, 6.07) is -0.167. The SMILES string of the molecule is CC1=C(C(=O)O[Si](C)(C)C)N2C(=O)[C@@H](N[Si](C)(C)C)[C@H]2SC1.CN1CCCC1.[I-]. The summed E-state index contributed by atoms with van der Waals surface area (Å²) in [7, 11) is -1.35. The maximum Gasteiger partial charge on any atom is 0.341 e. The number of fused-ring (bicyclic) bond motifs is 1. The standard InChI is InChI=1S/C14H26N2O3SSi2.C5H11N.HI/c1-9-8-20-13-10(15-21(2,3)4)12(17)16(13)11(9)14(18)19-22(5,6)7;1-6-4-2-3-5-6;/h10,13,15H,8H2,1-7H3;2-5H2,1H3;1H/p-1/t10-,13-;;/m1../s1. The van der Waals surface area contributed by atoms with Crippen molar-refractivity contribution < 1.29 is 38.0 Å². The lowest BCUT2D eigenvalue weighted by molar-refractivity contribution is -0.147. The summed E-state index contributed by atoms with van der Waals surface area (Å²) >= 11 is 1.72. The van der Waals surface area contributed by atoms with E-state index >= 15 is 0 Å². The third kappa shape index (κ3) is 7.63. The van der Waals surface area contributed by atoms with E-state index in [0.717, 1.165) is 11.3 Å². The largest absolute Gasteiger partial charge is 1.00 e. The summed E-state index contributed by atoms with van der Waals surface area (Å²) in [5.74, 6) is 0.442. The minimum absolute atomic E-state index is 0. The summed E-state index contributed by atoms with van der Waals surface area (Å²) in [6.07, 6.45) is 2.83. The topological polar surface area (TPSA) is 61.9 Å². The van der Waals surface area contributed by atoms with Crippen molar-refractivity contribution in [3.63, 3.8) is 0 Å². The third-order valence-corrected chi connectivity index (χ3v) is 8.07. The number of carbonyl (C=O) groups is 2. The Labute approximate surface area is 199 Å². The molecule has 3 rings (SSSR count). The molecule has 0 aromatic heterocycles. The Hall–Kier alpha value is 0.114. The van der Waals surface area contributed by atoms with Crippen molar-refractivity contribution in [3.8, 4) is 0 Å². The van der Waals surface area contributed by atoms with Gasteiger partial charge in [0.05, 0.1) is 0 Å². The van der Waals surface area contributed by atoms with Crippen molar-refractivity contribution in [2.75, 3.05) is 25.9 Å². The van der Waals surface area contributed by atoms with Crippen LogP contribution in [-0.4, -0.2) is 75.5 Å². The van der Waals surface area contributed by atoms with E-state index in [4.69, 9.17) is 4.43 Å². The summed E-state index contributed by atoms with van der Waals surface area (Å²) in [6.45, 7) is 17.0. The molecule has 0 spiro atoms. The number of hydrogen-bond donors (Lipinski definition) is 1. The Morgan fingerprint density at radius 2 is 1.69 bits per heavy atom. The van der Waals surface area contributed by atoms with Gasteiger partial charge in [0.2, 0.25) is 14.2 Å². The molecule has 0 unspecified atom stereocenters. The summed E-state index contributed by atoms with van der Waals surface area (Å²) in [5, 5.41) is 0.0205. The molecule has 0 saturated carbocycles. The average Bonchev–Trinajstić information content (AvgIpc) is 3.01. The van der Waals surface area contributed by atoms with Crippen molar-refractivity contribution in [2.24, 2.45) is 0 Å². The number of nitrogens with one attached hydrogen (secondary N) is 1. The second kappa shape index (κ2) is 10.6. The molecule has 0 bridgehead atoms. The quantitative estimate of drug-likeness (QED) is 0.293. The van der Waals surface area contributed by atoms with Gasteiger partial charge in [-0.05, 0) is 65.1 Å². The zero-order chi connectivity index (χ0) is 21.3. The molecule has 1 N–H and O–H groups in total. The van der Waals surface area contributed by atoms with Gasteiger partial charge in [-0.1, -0.05) is 19.6 Å². The Kier molecular flexibility index (Phi) is 9.94. The van der Waals surface area contributed by atoms with E-state index in [1.54, 1.807) is 16.7 Å². The molecule has 0 aromatic rings. The monoisotopic (exact) mass is 570 g/mol. The lowest BCUT2D eigenvalue weighted by Crippen LogP contribution is -3.00. The first kappa shape index (κ1) is 27.1. The van der Waals surface area contributed by atoms with Crippen LogP contribution in [0.1, 0.15) is 19.8 Å². The molecule has 10 heteroatoms. The first-order valence-electron chi connectivity index (χ1n) is 10.1. The van der Waals surface area contributed by atoms with Gasteiger partial charge in [-0.3, -0.25) is 9.69 Å². The molecule has 168 valence electrons. The second-order valence-electron chi connectivity index (χ2n) is 9.92. The molecular formula is C19H37IN3O3SSi2-. The van der Waals surface area contributed by atoms with Crippen LogP contribution in [0, 0.1) is 0 Å². The van der Waals surface area contributed by atoms with E-state index in [0.29, 0.717) is 5.70 Å². The van der Waals surface area contributed by atoms with Gasteiger partial charge in [0.1, 0.15) is 25.3 Å². The van der Waals surface area contributed by atoms with Crippen LogP contribution in [0.25, 0.3) is 0 Å². The van der Waals surface area contributed by atoms with Crippen molar-refractivity contribution in [3.05, 3.63) is 11.3 Å².